The molecule has 2 nitrogen and oxygen atoms in total. The summed E-state index contributed by atoms with van der Waals surface area (Å²) in [7, 11) is 0. The second kappa shape index (κ2) is 5.81. The van der Waals surface area contributed by atoms with Gasteiger partial charge in [-0.1, -0.05) is 32.0 Å². The molecule has 1 aromatic carbocycles. The van der Waals surface area contributed by atoms with E-state index in [0.29, 0.717) is 5.41 Å². The molecule has 1 aromatic heterocycles. The Hall–Kier alpha value is -1.41. The van der Waals surface area contributed by atoms with E-state index < -0.39 is 0 Å². The number of aliphatic hydroxyl groups is 1. The van der Waals surface area contributed by atoms with Crippen molar-refractivity contribution in [2.75, 3.05) is 0 Å². The number of para-hydroxylation sites is 1. The Morgan fingerprint density at radius 3 is 2.75 bits per heavy atom. The molecule has 2 heteroatoms. The minimum Gasteiger partial charge on any atom is -0.393 e. The van der Waals surface area contributed by atoms with E-state index in [1.54, 1.807) is 0 Å². The van der Waals surface area contributed by atoms with Crippen molar-refractivity contribution in [1.29, 1.82) is 0 Å². The quantitative estimate of drug-likeness (QED) is 0.645. The maximum Gasteiger partial charge on any atom is 0.0705 e. The van der Waals surface area contributed by atoms with Gasteiger partial charge in [0.15, 0.2) is 0 Å². The van der Waals surface area contributed by atoms with Gasteiger partial charge < -0.3 is 5.11 Å². The first-order valence-corrected chi connectivity index (χ1v) is 11.6. The van der Waals surface area contributed by atoms with Crippen molar-refractivity contribution in [3.05, 3.63) is 41.6 Å². The Bertz CT molecular complexity index is 937. The molecule has 3 saturated carbocycles. The van der Waals surface area contributed by atoms with Crippen LogP contribution in [0, 0.1) is 29.1 Å². The molecular weight excluding hydrogens is 342 g/mol. The van der Waals surface area contributed by atoms with E-state index in [-0.39, 0.29) is 11.5 Å². The number of aromatic nitrogens is 1. The smallest absolute Gasteiger partial charge is 0.0705 e. The van der Waals surface area contributed by atoms with Crippen molar-refractivity contribution in [3.8, 4) is 0 Å². The summed E-state index contributed by atoms with van der Waals surface area (Å²) in [4.78, 5) is 5.23. The molecule has 3 fully saturated rings. The lowest BCUT2D eigenvalue weighted by molar-refractivity contribution is -0.111. The van der Waals surface area contributed by atoms with Crippen molar-refractivity contribution in [3.63, 3.8) is 0 Å². The Balaban J connectivity index is 1.39. The van der Waals surface area contributed by atoms with E-state index in [1.807, 2.05) is 0 Å². The first-order valence-electron chi connectivity index (χ1n) is 11.6. The van der Waals surface area contributed by atoms with E-state index in [2.05, 4.69) is 44.2 Å². The molecule has 1 N–H and O–H groups in total. The van der Waals surface area contributed by atoms with Gasteiger partial charge in [0.2, 0.25) is 0 Å². The minimum atomic E-state index is -0.0455. The van der Waals surface area contributed by atoms with Gasteiger partial charge in [0.1, 0.15) is 0 Å². The number of pyridine rings is 1. The number of rotatable bonds is 0. The summed E-state index contributed by atoms with van der Waals surface area (Å²) >= 11 is 0. The SMILES string of the molecule is C[C@]12CC[C@H](O)C[C@@H]1CC[C@H]1[C@@H]2CC[C@]2(C)c3nc4ccccc4cc3C[C@@H]12. The number of benzene rings is 1. The van der Waals surface area contributed by atoms with Gasteiger partial charge >= 0.3 is 0 Å². The highest BCUT2D eigenvalue weighted by Gasteiger charge is 2.59. The summed E-state index contributed by atoms with van der Waals surface area (Å²) in [6.07, 6.45) is 9.83. The maximum atomic E-state index is 10.3. The maximum absolute atomic E-state index is 10.3. The standard InChI is InChI=1S/C26H33NO/c1-25-11-9-19(28)15-18(25)7-8-20-21(25)10-12-26(2)22(20)14-17-13-16-5-3-4-6-23(16)27-24(17)26/h3-6,13,18-22,28H,7-12,14-15H2,1-2H3/t18-,19-,20-,21-,22-,25-,26-/m0/s1. The molecule has 2 aromatic rings. The predicted molar refractivity (Wildman–Crippen MR) is 113 cm³/mol. The lowest BCUT2D eigenvalue weighted by Crippen LogP contribution is -2.54. The Morgan fingerprint density at radius 1 is 1.00 bits per heavy atom. The number of hydrogen-bond donors (Lipinski definition) is 1. The van der Waals surface area contributed by atoms with Crippen LogP contribution in [0.15, 0.2) is 30.3 Å². The van der Waals surface area contributed by atoms with E-state index in [9.17, 15) is 5.11 Å². The summed E-state index contributed by atoms with van der Waals surface area (Å²) in [6, 6.07) is 11.1. The molecule has 0 aliphatic heterocycles. The summed E-state index contributed by atoms with van der Waals surface area (Å²) in [5.74, 6) is 3.19. The number of fused-ring (bicyclic) bond motifs is 8. The minimum absolute atomic E-state index is 0.0455. The van der Waals surface area contributed by atoms with Gasteiger partial charge in [-0.15, -0.1) is 0 Å². The molecule has 6 rings (SSSR count). The number of aliphatic hydroxyl groups excluding tert-OH is 1. The van der Waals surface area contributed by atoms with Crippen LogP contribution >= 0.6 is 0 Å². The van der Waals surface area contributed by atoms with Crippen LogP contribution in [0.5, 0.6) is 0 Å². The van der Waals surface area contributed by atoms with Crippen molar-refractivity contribution < 1.29 is 5.11 Å². The predicted octanol–water partition coefficient (Wildman–Crippen LogP) is 5.65. The molecule has 0 bridgehead atoms. The van der Waals surface area contributed by atoms with Crippen LogP contribution in [-0.4, -0.2) is 16.2 Å². The molecule has 0 unspecified atom stereocenters. The first kappa shape index (κ1) is 17.4. The number of hydrogen-bond acceptors (Lipinski definition) is 2. The summed E-state index contributed by atoms with van der Waals surface area (Å²) < 4.78 is 0. The Morgan fingerprint density at radius 2 is 1.86 bits per heavy atom. The van der Waals surface area contributed by atoms with Gasteiger partial charge in [-0.05, 0) is 98.1 Å². The normalized spacial score (nSPS) is 44.5. The van der Waals surface area contributed by atoms with Crippen LogP contribution in [0.1, 0.15) is 70.1 Å². The highest BCUT2D eigenvalue weighted by Crippen LogP contribution is 2.65. The lowest BCUT2D eigenvalue weighted by atomic mass is 9.45. The van der Waals surface area contributed by atoms with Gasteiger partial charge in [-0.25, -0.2) is 0 Å². The van der Waals surface area contributed by atoms with Crippen LogP contribution < -0.4 is 0 Å². The highest BCUT2D eigenvalue weighted by atomic mass is 16.3. The van der Waals surface area contributed by atoms with Crippen LogP contribution in [-0.2, 0) is 11.8 Å². The lowest BCUT2D eigenvalue weighted by Gasteiger charge is -2.60. The molecular formula is C26H33NO. The second-order valence-electron chi connectivity index (χ2n) is 10.9. The van der Waals surface area contributed by atoms with Crippen molar-refractivity contribution in [1.82, 2.24) is 4.98 Å². The summed E-state index contributed by atoms with van der Waals surface area (Å²) in [6.45, 7) is 5.11. The van der Waals surface area contributed by atoms with Crippen molar-refractivity contribution >= 4 is 10.9 Å². The van der Waals surface area contributed by atoms with E-state index in [4.69, 9.17) is 4.98 Å². The van der Waals surface area contributed by atoms with E-state index in [1.165, 1.54) is 60.7 Å². The Labute approximate surface area is 168 Å². The van der Waals surface area contributed by atoms with Gasteiger partial charge in [-0.3, -0.25) is 4.98 Å². The Kier molecular flexibility index (Phi) is 3.62. The van der Waals surface area contributed by atoms with Crippen LogP contribution in [0.25, 0.3) is 10.9 Å². The third-order valence-electron chi connectivity index (χ3n) is 9.81. The molecule has 4 aliphatic rings. The molecule has 0 amide bonds. The molecule has 4 aliphatic carbocycles. The van der Waals surface area contributed by atoms with Gasteiger partial charge in [0, 0.05) is 10.8 Å². The molecule has 0 spiro atoms. The first-order chi connectivity index (χ1) is 13.5. The van der Waals surface area contributed by atoms with Crippen molar-refractivity contribution in [2.45, 2.75) is 76.7 Å². The van der Waals surface area contributed by atoms with E-state index >= 15 is 0 Å². The summed E-state index contributed by atoms with van der Waals surface area (Å²) in [5, 5.41) is 11.6. The third kappa shape index (κ3) is 2.22. The van der Waals surface area contributed by atoms with Gasteiger partial charge in [0.25, 0.3) is 0 Å². The molecule has 0 saturated heterocycles. The van der Waals surface area contributed by atoms with Crippen LogP contribution in [0.4, 0.5) is 0 Å². The third-order valence-corrected chi connectivity index (χ3v) is 9.81. The second-order valence-corrected chi connectivity index (χ2v) is 10.9. The zero-order valence-electron chi connectivity index (χ0n) is 17.3. The van der Waals surface area contributed by atoms with Crippen LogP contribution in [0.2, 0.25) is 0 Å². The highest BCUT2D eigenvalue weighted by molar-refractivity contribution is 5.80. The molecule has 148 valence electrons. The topological polar surface area (TPSA) is 33.1 Å². The average molecular weight is 376 g/mol. The molecule has 1 heterocycles. The van der Waals surface area contributed by atoms with Gasteiger partial charge in [0.05, 0.1) is 17.3 Å². The van der Waals surface area contributed by atoms with E-state index in [0.717, 1.165) is 36.5 Å². The van der Waals surface area contributed by atoms with Crippen molar-refractivity contribution in [2.24, 2.45) is 29.1 Å². The fourth-order valence-electron chi connectivity index (χ4n) is 8.27. The molecule has 28 heavy (non-hydrogen) atoms. The average Bonchev–Trinajstić information content (AvgIpc) is 2.99. The molecule has 0 radical (unpaired) electrons. The molecule has 7 atom stereocenters. The largest absolute Gasteiger partial charge is 0.393 e. The van der Waals surface area contributed by atoms with Gasteiger partial charge in [-0.2, -0.15) is 0 Å². The monoisotopic (exact) mass is 375 g/mol. The van der Waals surface area contributed by atoms with Crippen LogP contribution in [0.3, 0.4) is 0 Å². The fourth-order valence-corrected chi connectivity index (χ4v) is 8.27. The zero-order valence-corrected chi connectivity index (χ0v) is 17.3. The summed E-state index contributed by atoms with van der Waals surface area (Å²) in [5.41, 5.74) is 4.83. The zero-order chi connectivity index (χ0) is 19.1. The fraction of sp³-hybridized carbons (Fsp3) is 0.654. The number of nitrogens with zero attached hydrogens (tertiary/aromatic N) is 1.